The first-order valence-corrected chi connectivity index (χ1v) is 12.2. The molecule has 1 aliphatic rings. The molecule has 4 rings (SSSR count). The number of anilines is 1. The van der Waals surface area contributed by atoms with Crippen molar-refractivity contribution in [2.24, 2.45) is 4.99 Å². The zero-order valence-corrected chi connectivity index (χ0v) is 20.5. The molecule has 0 radical (unpaired) electrons. The largest absolute Gasteiger partial charge is 0.497 e. The molecule has 0 fully saturated rings. The van der Waals surface area contributed by atoms with Crippen LogP contribution < -0.4 is 10.1 Å². The number of nitrogens with zero attached hydrogens (tertiary/aromatic N) is 2. The van der Waals surface area contributed by atoms with E-state index < -0.39 is 0 Å². The van der Waals surface area contributed by atoms with E-state index in [4.69, 9.17) is 9.73 Å². The van der Waals surface area contributed by atoms with Gasteiger partial charge in [-0.05, 0) is 68.5 Å². The summed E-state index contributed by atoms with van der Waals surface area (Å²) in [7, 11) is 1.63. The van der Waals surface area contributed by atoms with Gasteiger partial charge in [0.15, 0.2) is 5.78 Å². The number of benzene rings is 2. The molecular weight excluding hydrogens is 446 g/mol. The molecule has 2 aromatic carbocycles. The zero-order valence-electron chi connectivity index (χ0n) is 19.7. The number of carbonyl (C=O) groups excluding carboxylic acids is 2. The lowest BCUT2D eigenvalue weighted by molar-refractivity contribution is 0.0996. The van der Waals surface area contributed by atoms with Crippen LogP contribution in [0.1, 0.15) is 52.1 Å². The smallest absolute Gasteiger partial charge is 0.258 e. The van der Waals surface area contributed by atoms with Crippen molar-refractivity contribution in [3.63, 3.8) is 0 Å². The summed E-state index contributed by atoms with van der Waals surface area (Å²) in [5.41, 5.74) is 4.15. The number of ketones is 1. The van der Waals surface area contributed by atoms with Gasteiger partial charge in [-0.1, -0.05) is 18.2 Å². The molecule has 0 aliphatic carbocycles. The van der Waals surface area contributed by atoms with Crippen molar-refractivity contribution >= 4 is 34.9 Å². The van der Waals surface area contributed by atoms with Crippen LogP contribution in [0.4, 0.5) is 5.69 Å². The average molecular weight is 474 g/mol. The third kappa shape index (κ3) is 5.20. The van der Waals surface area contributed by atoms with Gasteiger partial charge in [0.2, 0.25) is 0 Å². The van der Waals surface area contributed by atoms with Gasteiger partial charge in [0.05, 0.1) is 30.3 Å². The summed E-state index contributed by atoms with van der Waals surface area (Å²) in [6.07, 6.45) is 4.50. The third-order valence-electron chi connectivity index (χ3n) is 5.67. The molecule has 0 saturated heterocycles. The number of hydrogen-bond acceptors (Lipinski definition) is 6. The SMILES string of the molecule is COc1ccc2c(c1)C(CC(=O)c1cccc(NC(=O)c3cccnc3SC)c1)=NC(C)(C)C2. The minimum Gasteiger partial charge on any atom is -0.497 e. The molecule has 0 spiro atoms. The van der Waals surface area contributed by atoms with Crippen LogP contribution in [-0.4, -0.2) is 41.3 Å². The van der Waals surface area contributed by atoms with Gasteiger partial charge >= 0.3 is 0 Å². The van der Waals surface area contributed by atoms with Crippen LogP contribution in [0.25, 0.3) is 0 Å². The Balaban J connectivity index is 1.56. The maximum atomic E-state index is 13.3. The highest BCUT2D eigenvalue weighted by Crippen LogP contribution is 2.31. The number of nitrogens with one attached hydrogen (secondary N) is 1. The number of hydrogen-bond donors (Lipinski definition) is 1. The zero-order chi connectivity index (χ0) is 24.3. The molecule has 0 bridgehead atoms. The predicted octanol–water partition coefficient (Wildman–Crippen LogP) is 5.46. The summed E-state index contributed by atoms with van der Waals surface area (Å²) in [6, 6.07) is 16.4. The fraction of sp³-hybridized carbons (Fsp3) is 0.259. The van der Waals surface area contributed by atoms with Crippen molar-refractivity contribution < 1.29 is 14.3 Å². The number of thioether (sulfide) groups is 1. The first kappa shape index (κ1) is 23.7. The van der Waals surface area contributed by atoms with E-state index in [9.17, 15) is 9.59 Å². The normalized spacial score (nSPS) is 14.1. The molecule has 1 N–H and O–H groups in total. The van der Waals surface area contributed by atoms with Crippen molar-refractivity contribution in [2.75, 3.05) is 18.7 Å². The lowest BCUT2D eigenvalue weighted by Crippen LogP contribution is -2.30. The molecule has 1 aromatic heterocycles. The Morgan fingerprint density at radius 2 is 1.94 bits per heavy atom. The highest BCUT2D eigenvalue weighted by Gasteiger charge is 2.28. The van der Waals surface area contributed by atoms with Crippen molar-refractivity contribution in [3.05, 3.63) is 83.0 Å². The summed E-state index contributed by atoms with van der Waals surface area (Å²) in [4.78, 5) is 35.2. The second-order valence-corrected chi connectivity index (χ2v) is 9.56. The summed E-state index contributed by atoms with van der Waals surface area (Å²) in [5.74, 6) is 0.414. The lowest BCUT2D eigenvalue weighted by atomic mass is 9.85. The summed E-state index contributed by atoms with van der Waals surface area (Å²) >= 11 is 1.41. The number of Topliss-reactive ketones (excluding diaryl/α,β-unsaturated/α-hetero) is 1. The van der Waals surface area contributed by atoms with Crippen molar-refractivity contribution in [1.29, 1.82) is 0 Å². The molecule has 6 nitrogen and oxygen atoms in total. The molecule has 1 aliphatic heterocycles. The molecule has 7 heteroatoms. The third-order valence-corrected chi connectivity index (χ3v) is 6.38. The van der Waals surface area contributed by atoms with Gasteiger partial charge in [0, 0.05) is 23.0 Å². The molecule has 2 heterocycles. The number of fused-ring (bicyclic) bond motifs is 1. The van der Waals surface area contributed by atoms with Gasteiger partial charge in [-0.3, -0.25) is 14.6 Å². The Labute approximate surface area is 203 Å². The fourth-order valence-corrected chi connectivity index (χ4v) is 4.67. The predicted molar refractivity (Wildman–Crippen MR) is 137 cm³/mol. The highest BCUT2D eigenvalue weighted by molar-refractivity contribution is 7.98. The van der Waals surface area contributed by atoms with E-state index in [1.165, 1.54) is 11.8 Å². The van der Waals surface area contributed by atoms with Crippen molar-refractivity contribution in [3.8, 4) is 5.75 Å². The van der Waals surface area contributed by atoms with Gasteiger partial charge in [0.25, 0.3) is 5.91 Å². The average Bonchev–Trinajstić information content (AvgIpc) is 2.83. The first-order chi connectivity index (χ1) is 16.3. The molecule has 1 amide bonds. The maximum absolute atomic E-state index is 13.3. The Bertz CT molecular complexity index is 1280. The molecule has 174 valence electrons. The molecule has 3 aromatic rings. The van der Waals surface area contributed by atoms with Crippen LogP contribution in [0.2, 0.25) is 0 Å². The Morgan fingerprint density at radius 1 is 1.12 bits per heavy atom. The van der Waals surface area contributed by atoms with E-state index >= 15 is 0 Å². The summed E-state index contributed by atoms with van der Waals surface area (Å²) in [6.45, 7) is 4.14. The quantitative estimate of drug-likeness (QED) is 0.364. The first-order valence-electron chi connectivity index (χ1n) is 11.0. The lowest BCUT2D eigenvalue weighted by Gasteiger charge is -2.29. The molecule has 0 atom stereocenters. The second kappa shape index (κ2) is 9.81. The van der Waals surface area contributed by atoms with Crippen LogP contribution in [0.3, 0.4) is 0 Å². The van der Waals surface area contributed by atoms with E-state index in [-0.39, 0.29) is 23.7 Å². The van der Waals surface area contributed by atoms with E-state index in [1.807, 2.05) is 24.5 Å². The van der Waals surface area contributed by atoms with Crippen LogP contribution in [-0.2, 0) is 6.42 Å². The van der Waals surface area contributed by atoms with E-state index in [2.05, 4.69) is 24.1 Å². The van der Waals surface area contributed by atoms with E-state index in [1.54, 1.807) is 49.7 Å². The Hall–Kier alpha value is -3.45. The summed E-state index contributed by atoms with van der Waals surface area (Å²) in [5, 5.41) is 3.54. The number of rotatable bonds is 7. The van der Waals surface area contributed by atoms with Crippen LogP contribution in [0.5, 0.6) is 5.75 Å². The highest BCUT2D eigenvalue weighted by atomic mass is 32.2. The number of aliphatic imine (C=N–C) groups is 1. The monoisotopic (exact) mass is 473 g/mol. The number of aromatic nitrogens is 1. The van der Waals surface area contributed by atoms with Crippen LogP contribution in [0, 0.1) is 0 Å². The van der Waals surface area contributed by atoms with E-state index in [0.29, 0.717) is 21.8 Å². The Morgan fingerprint density at radius 3 is 2.71 bits per heavy atom. The molecular formula is C27H27N3O3S. The van der Waals surface area contributed by atoms with Gasteiger partial charge < -0.3 is 10.1 Å². The second-order valence-electron chi connectivity index (χ2n) is 8.77. The Kier molecular flexibility index (Phi) is 6.84. The van der Waals surface area contributed by atoms with Gasteiger partial charge in [-0.15, -0.1) is 11.8 Å². The van der Waals surface area contributed by atoms with Gasteiger partial charge in [-0.2, -0.15) is 0 Å². The van der Waals surface area contributed by atoms with E-state index in [0.717, 1.165) is 29.0 Å². The van der Waals surface area contributed by atoms with Crippen LogP contribution >= 0.6 is 11.8 Å². The minimum atomic E-state index is -0.286. The maximum Gasteiger partial charge on any atom is 0.258 e. The number of methoxy groups -OCH3 is 1. The van der Waals surface area contributed by atoms with Crippen molar-refractivity contribution in [1.82, 2.24) is 4.98 Å². The summed E-state index contributed by atoms with van der Waals surface area (Å²) < 4.78 is 5.39. The fourth-order valence-electron chi connectivity index (χ4n) is 4.12. The number of ether oxygens (including phenoxy) is 1. The van der Waals surface area contributed by atoms with Gasteiger partial charge in [-0.25, -0.2) is 4.98 Å². The molecule has 0 unspecified atom stereocenters. The topological polar surface area (TPSA) is 80.6 Å². The van der Waals surface area contributed by atoms with Crippen molar-refractivity contribution in [2.45, 2.75) is 37.3 Å². The number of carbonyl (C=O) groups is 2. The van der Waals surface area contributed by atoms with Gasteiger partial charge in [0.1, 0.15) is 10.8 Å². The molecule has 34 heavy (non-hydrogen) atoms. The number of amides is 1. The van der Waals surface area contributed by atoms with Crippen LogP contribution in [0.15, 0.2) is 70.8 Å². The standard InChI is InChI=1S/C27H27N3O3S/c1-27(2)16-18-10-11-20(33-3)14-22(18)23(30-27)15-24(31)17-7-5-8-19(13-17)29-25(32)21-9-6-12-28-26(21)34-4/h5-14H,15-16H2,1-4H3,(H,29,32). The number of pyridine rings is 1. The molecule has 0 saturated carbocycles. The minimum absolute atomic E-state index is 0.0625.